The zero-order chi connectivity index (χ0) is 13.0. The molecular weight excluding hydrogens is 341 g/mol. The summed E-state index contributed by atoms with van der Waals surface area (Å²) in [6.45, 7) is 5.86. The molecule has 0 amide bonds. The molecule has 1 saturated carbocycles. The van der Waals surface area contributed by atoms with Gasteiger partial charge < -0.3 is 14.8 Å². The van der Waals surface area contributed by atoms with Crippen LogP contribution in [-0.2, 0) is 4.74 Å². The van der Waals surface area contributed by atoms with E-state index in [0.29, 0.717) is 6.04 Å². The van der Waals surface area contributed by atoms with Crippen molar-refractivity contribution in [3.63, 3.8) is 0 Å². The predicted octanol–water partition coefficient (Wildman–Crippen LogP) is 2.83. The average molecular weight is 361 g/mol. The Kier molecular flexibility index (Phi) is 5.26. The lowest BCUT2D eigenvalue weighted by atomic mass is 9.85. The number of rotatable bonds is 6. The van der Waals surface area contributed by atoms with E-state index >= 15 is 0 Å². The van der Waals surface area contributed by atoms with E-state index in [-0.39, 0.29) is 12.2 Å². The molecule has 1 aliphatic carbocycles. The van der Waals surface area contributed by atoms with Crippen molar-refractivity contribution in [1.29, 1.82) is 0 Å². The second-order valence-corrected chi connectivity index (χ2v) is 5.68. The molecule has 100 valence electrons. The third-order valence-electron chi connectivity index (χ3n) is 3.18. The number of hydrogen-bond acceptors (Lipinski definition) is 3. The maximum atomic E-state index is 5.98. The van der Waals surface area contributed by atoms with Gasteiger partial charge in [0.1, 0.15) is 18.0 Å². The number of nitrogens with one attached hydrogen (secondary N) is 1. The molecule has 0 aliphatic heterocycles. The Morgan fingerprint density at radius 2 is 2.00 bits per heavy atom. The fourth-order valence-corrected chi connectivity index (χ4v) is 2.62. The fraction of sp³-hybridized carbons (Fsp3) is 0.571. The van der Waals surface area contributed by atoms with E-state index in [9.17, 15) is 0 Å². The van der Waals surface area contributed by atoms with Gasteiger partial charge in [-0.05, 0) is 60.3 Å². The molecule has 18 heavy (non-hydrogen) atoms. The zero-order valence-corrected chi connectivity index (χ0v) is 13.0. The maximum absolute atomic E-state index is 5.98. The molecule has 0 radical (unpaired) electrons. The molecule has 0 saturated heterocycles. The first-order chi connectivity index (χ1) is 8.74. The van der Waals surface area contributed by atoms with Crippen LogP contribution in [0.2, 0.25) is 0 Å². The summed E-state index contributed by atoms with van der Waals surface area (Å²) in [6, 6.07) is 8.60. The number of benzene rings is 1. The van der Waals surface area contributed by atoms with Crippen molar-refractivity contribution >= 4 is 22.6 Å². The van der Waals surface area contributed by atoms with Crippen LogP contribution in [0, 0.1) is 3.57 Å². The van der Waals surface area contributed by atoms with Gasteiger partial charge in [-0.1, -0.05) is 6.92 Å². The maximum Gasteiger partial charge on any atom is 0.128 e. The Balaban J connectivity index is 1.91. The van der Waals surface area contributed by atoms with Gasteiger partial charge in [0.15, 0.2) is 0 Å². The highest BCUT2D eigenvalue weighted by Crippen LogP contribution is 2.29. The van der Waals surface area contributed by atoms with Crippen LogP contribution >= 0.6 is 22.6 Å². The molecule has 0 aromatic heterocycles. The number of likely N-dealkylation sites (N-methyl/N-ethyl adjacent to an activating group) is 1. The summed E-state index contributed by atoms with van der Waals surface area (Å²) >= 11 is 2.29. The standard InChI is InChI=1S/C14H20INO2/c1-3-16-12-9-13(14(12)17-4-2)18-11-7-5-10(15)6-8-11/h5-8,12-14,16H,3-4,9H2,1-2H3. The molecular formula is C14H20INO2. The number of ether oxygens (including phenoxy) is 2. The third kappa shape index (κ3) is 3.36. The van der Waals surface area contributed by atoms with Crippen LogP contribution in [0.15, 0.2) is 24.3 Å². The molecule has 2 rings (SSSR count). The molecule has 3 atom stereocenters. The van der Waals surface area contributed by atoms with Crippen LogP contribution < -0.4 is 10.1 Å². The van der Waals surface area contributed by atoms with Gasteiger partial charge in [-0.2, -0.15) is 0 Å². The van der Waals surface area contributed by atoms with Gasteiger partial charge in [-0.15, -0.1) is 0 Å². The van der Waals surface area contributed by atoms with Crippen molar-refractivity contribution in [2.24, 2.45) is 0 Å². The van der Waals surface area contributed by atoms with Crippen LogP contribution in [0.3, 0.4) is 0 Å². The molecule has 0 spiro atoms. The monoisotopic (exact) mass is 361 g/mol. The minimum absolute atomic E-state index is 0.175. The molecule has 4 heteroatoms. The summed E-state index contributed by atoms with van der Waals surface area (Å²) < 4.78 is 13.0. The summed E-state index contributed by atoms with van der Waals surface area (Å²) in [6.07, 6.45) is 1.37. The van der Waals surface area contributed by atoms with Gasteiger partial charge in [0, 0.05) is 22.6 Å². The molecule has 3 nitrogen and oxygen atoms in total. The van der Waals surface area contributed by atoms with Crippen molar-refractivity contribution < 1.29 is 9.47 Å². The van der Waals surface area contributed by atoms with Crippen molar-refractivity contribution in [2.45, 2.75) is 38.5 Å². The van der Waals surface area contributed by atoms with Gasteiger partial charge in [0.25, 0.3) is 0 Å². The quantitative estimate of drug-likeness (QED) is 0.791. The smallest absolute Gasteiger partial charge is 0.128 e. The Morgan fingerprint density at radius 3 is 2.61 bits per heavy atom. The summed E-state index contributed by atoms with van der Waals surface area (Å²) in [7, 11) is 0. The molecule has 0 heterocycles. The molecule has 1 aliphatic rings. The van der Waals surface area contributed by atoms with Crippen LogP contribution in [0.1, 0.15) is 20.3 Å². The second-order valence-electron chi connectivity index (χ2n) is 4.43. The minimum Gasteiger partial charge on any atom is -0.488 e. The third-order valence-corrected chi connectivity index (χ3v) is 3.89. The van der Waals surface area contributed by atoms with E-state index in [0.717, 1.165) is 25.3 Å². The summed E-state index contributed by atoms with van der Waals surface area (Å²) in [5, 5.41) is 3.44. The van der Waals surface area contributed by atoms with Crippen molar-refractivity contribution in [3.05, 3.63) is 27.8 Å². The first-order valence-electron chi connectivity index (χ1n) is 6.51. The first-order valence-corrected chi connectivity index (χ1v) is 7.59. The second kappa shape index (κ2) is 6.73. The highest BCUT2D eigenvalue weighted by Gasteiger charge is 2.43. The fourth-order valence-electron chi connectivity index (χ4n) is 2.26. The largest absolute Gasteiger partial charge is 0.488 e. The lowest BCUT2D eigenvalue weighted by molar-refractivity contribution is -0.104. The molecule has 1 fully saturated rings. The Hall–Kier alpha value is -0.330. The average Bonchev–Trinajstić information content (AvgIpc) is 2.37. The highest BCUT2D eigenvalue weighted by atomic mass is 127. The van der Waals surface area contributed by atoms with Crippen molar-refractivity contribution in [2.75, 3.05) is 13.2 Å². The number of halogens is 1. The van der Waals surface area contributed by atoms with Crippen LogP contribution in [0.25, 0.3) is 0 Å². The lowest BCUT2D eigenvalue weighted by Crippen LogP contribution is -2.61. The predicted molar refractivity (Wildman–Crippen MR) is 81.1 cm³/mol. The van der Waals surface area contributed by atoms with Gasteiger partial charge in [0.2, 0.25) is 0 Å². The Morgan fingerprint density at radius 1 is 1.28 bits per heavy atom. The van der Waals surface area contributed by atoms with E-state index in [1.54, 1.807) is 0 Å². The van der Waals surface area contributed by atoms with Crippen LogP contribution in [-0.4, -0.2) is 31.4 Å². The van der Waals surface area contributed by atoms with Gasteiger partial charge >= 0.3 is 0 Å². The van der Waals surface area contributed by atoms with Gasteiger partial charge in [-0.25, -0.2) is 0 Å². The van der Waals surface area contributed by atoms with Gasteiger partial charge in [-0.3, -0.25) is 0 Å². The van der Waals surface area contributed by atoms with E-state index in [1.807, 2.05) is 19.1 Å². The molecule has 1 aromatic carbocycles. The normalized spacial score (nSPS) is 26.7. The molecule has 1 N–H and O–H groups in total. The Bertz CT molecular complexity index is 369. The molecule has 0 bridgehead atoms. The SMILES string of the molecule is CCNC1CC(Oc2ccc(I)cc2)C1OCC. The van der Waals surface area contributed by atoms with E-state index in [2.05, 4.69) is 47.0 Å². The van der Waals surface area contributed by atoms with Crippen LogP contribution in [0.5, 0.6) is 5.75 Å². The lowest BCUT2D eigenvalue weighted by Gasteiger charge is -2.44. The van der Waals surface area contributed by atoms with E-state index in [1.165, 1.54) is 3.57 Å². The zero-order valence-electron chi connectivity index (χ0n) is 10.9. The van der Waals surface area contributed by atoms with Crippen molar-refractivity contribution in [3.8, 4) is 5.75 Å². The van der Waals surface area contributed by atoms with Crippen molar-refractivity contribution in [1.82, 2.24) is 5.32 Å². The first kappa shape index (κ1) is 14.1. The summed E-state index contributed by atoms with van der Waals surface area (Å²) in [5.74, 6) is 0.931. The molecule has 1 aromatic rings. The number of hydrogen-bond donors (Lipinski definition) is 1. The Labute approximate surface area is 122 Å². The topological polar surface area (TPSA) is 30.5 Å². The molecule has 3 unspecified atom stereocenters. The summed E-state index contributed by atoms with van der Waals surface area (Å²) in [5.41, 5.74) is 0. The van der Waals surface area contributed by atoms with E-state index in [4.69, 9.17) is 9.47 Å². The summed E-state index contributed by atoms with van der Waals surface area (Å²) in [4.78, 5) is 0. The van der Waals surface area contributed by atoms with E-state index < -0.39 is 0 Å². The van der Waals surface area contributed by atoms with Gasteiger partial charge in [0.05, 0.1) is 0 Å². The van der Waals surface area contributed by atoms with Crippen LogP contribution in [0.4, 0.5) is 0 Å². The highest BCUT2D eigenvalue weighted by molar-refractivity contribution is 14.1. The minimum atomic E-state index is 0.175.